The highest BCUT2D eigenvalue weighted by atomic mass is 35.5. The van der Waals surface area contributed by atoms with E-state index >= 15 is 0 Å². The van der Waals surface area contributed by atoms with Crippen molar-refractivity contribution in [1.29, 1.82) is 0 Å². The van der Waals surface area contributed by atoms with Gasteiger partial charge in [-0.3, -0.25) is 4.79 Å². The first-order chi connectivity index (χ1) is 10.5. The van der Waals surface area contributed by atoms with Gasteiger partial charge in [0, 0.05) is 55.8 Å². The second-order valence-corrected chi connectivity index (χ2v) is 6.15. The molecule has 1 saturated heterocycles. The normalized spacial score (nSPS) is 17.5. The molecular formula is C16H23ClFN3O. The average molecular weight is 328 g/mol. The highest BCUT2D eigenvalue weighted by molar-refractivity contribution is 6.31. The number of carbonyl (C=O) groups excluding carboxylic acids is 1. The van der Waals surface area contributed by atoms with Gasteiger partial charge in [-0.2, -0.15) is 0 Å². The van der Waals surface area contributed by atoms with Crippen molar-refractivity contribution in [2.75, 3.05) is 39.8 Å². The van der Waals surface area contributed by atoms with Crippen LogP contribution in [0.3, 0.4) is 0 Å². The van der Waals surface area contributed by atoms with E-state index in [0.717, 1.165) is 26.2 Å². The van der Waals surface area contributed by atoms with Gasteiger partial charge in [-0.1, -0.05) is 17.7 Å². The Kier molecular flexibility index (Phi) is 6.17. The van der Waals surface area contributed by atoms with Crippen LogP contribution in [0.2, 0.25) is 5.02 Å². The summed E-state index contributed by atoms with van der Waals surface area (Å²) >= 11 is 6.04. The minimum Gasteiger partial charge on any atom is -0.340 e. The van der Waals surface area contributed by atoms with E-state index in [1.54, 1.807) is 12.1 Å². The van der Waals surface area contributed by atoms with Gasteiger partial charge >= 0.3 is 0 Å². The van der Waals surface area contributed by atoms with Crippen LogP contribution in [0.1, 0.15) is 24.9 Å². The number of hydrogen-bond donors (Lipinski definition) is 1. The average Bonchev–Trinajstić information content (AvgIpc) is 2.47. The molecule has 1 N–H and O–H groups in total. The Morgan fingerprint density at radius 2 is 2.05 bits per heavy atom. The van der Waals surface area contributed by atoms with Gasteiger partial charge < -0.3 is 15.1 Å². The van der Waals surface area contributed by atoms with Crippen LogP contribution in [-0.2, 0) is 4.79 Å². The number of benzene rings is 1. The molecule has 1 heterocycles. The minimum atomic E-state index is -0.321. The number of nitrogens with zero attached hydrogens (tertiary/aromatic N) is 2. The van der Waals surface area contributed by atoms with E-state index in [1.165, 1.54) is 6.07 Å². The zero-order valence-electron chi connectivity index (χ0n) is 13.1. The molecule has 0 saturated carbocycles. The number of rotatable bonds is 5. The molecule has 6 heteroatoms. The van der Waals surface area contributed by atoms with Gasteiger partial charge in [0.25, 0.3) is 0 Å². The van der Waals surface area contributed by atoms with Crippen molar-refractivity contribution >= 4 is 17.5 Å². The van der Waals surface area contributed by atoms with E-state index in [4.69, 9.17) is 11.6 Å². The molecule has 1 aliphatic rings. The number of nitrogens with one attached hydrogen (secondary N) is 1. The third kappa shape index (κ3) is 4.41. The first-order valence-electron chi connectivity index (χ1n) is 7.62. The number of halogens is 2. The third-order valence-corrected chi connectivity index (χ3v) is 4.41. The first-order valence-corrected chi connectivity index (χ1v) is 8.00. The lowest BCUT2D eigenvalue weighted by atomic mass is 10.1. The Hall–Kier alpha value is -1.17. The molecule has 1 amide bonds. The lowest BCUT2D eigenvalue weighted by Crippen LogP contribution is -2.47. The summed E-state index contributed by atoms with van der Waals surface area (Å²) in [4.78, 5) is 16.2. The highest BCUT2D eigenvalue weighted by Crippen LogP contribution is 2.25. The van der Waals surface area contributed by atoms with Gasteiger partial charge in [0.05, 0.1) is 0 Å². The summed E-state index contributed by atoms with van der Waals surface area (Å²) in [6, 6.07) is 4.43. The van der Waals surface area contributed by atoms with Crippen molar-refractivity contribution in [2.45, 2.75) is 19.4 Å². The number of amides is 1. The summed E-state index contributed by atoms with van der Waals surface area (Å²) in [5.41, 5.74) is 0.455. The van der Waals surface area contributed by atoms with Gasteiger partial charge in [-0.15, -0.1) is 0 Å². The van der Waals surface area contributed by atoms with E-state index in [-0.39, 0.29) is 17.8 Å². The molecule has 1 aromatic carbocycles. The monoisotopic (exact) mass is 327 g/mol. The van der Waals surface area contributed by atoms with Gasteiger partial charge in [0.1, 0.15) is 5.82 Å². The van der Waals surface area contributed by atoms with Crippen molar-refractivity contribution in [1.82, 2.24) is 15.1 Å². The van der Waals surface area contributed by atoms with Crippen molar-refractivity contribution in [3.63, 3.8) is 0 Å². The van der Waals surface area contributed by atoms with Crippen LogP contribution in [0.15, 0.2) is 18.2 Å². The van der Waals surface area contributed by atoms with Crippen LogP contribution in [0.25, 0.3) is 0 Å². The van der Waals surface area contributed by atoms with Crippen molar-refractivity contribution in [3.8, 4) is 0 Å². The van der Waals surface area contributed by atoms with E-state index in [0.29, 0.717) is 23.6 Å². The van der Waals surface area contributed by atoms with Gasteiger partial charge in [0.2, 0.25) is 5.91 Å². The lowest BCUT2D eigenvalue weighted by molar-refractivity contribution is -0.132. The van der Waals surface area contributed by atoms with Crippen LogP contribution in [0.4, 0.5) is 4.39 Å². The van der Waals surface area contributed by atoms with E-state index < -0.39 is 0 Å². The molecule has 122 valence electrons. The Balaban J connectivity index is 1.79. The highest BCUT2D eigenvalue weighted by Gasteiger charge is 2.19. The Morgan fingerprint density at radius 1 is 1.36 bits per heavy atom. The molecule has 1 aliphatic heterocycles. The predicted octanol–water partition coefficient (Wildman–Crippen LogP) is 2.29. The fourth-order valence-electron chi connectivity index (χ4n) is 2.64. The smallest absolute Gasteiger partial charge is 0.223 e. The maximum Gasteiger partial charge on any atom is 0.223 e. The molecule has 0 spiro atoms. The zero-order chi connectivity index (χ0) is 16.1. The summed E-state index contributed by atoms with van der Waals surface area (Å²) in [5, 5.41) is 3.58. The van der Waals surface area contributed by atoms with Crippen LogP contribution < -0.4 is 5.32 Å². The van der Waals surface area contributed by atoms with E-state index in [1.807, 2.05) is 11.8 Å². The number of likely N-dealkylation sites (N-methyl/N-ethyl adjacent to an activating group) is 1. The Morgan fingerprint density at radius 3 is 2.68 bits per heavy atom. The molecule has 0 radical (unpaired) electrons. The summed E-state index contributed by atoms with van der Waals surface area (Å²) in [6.45, 7) is 5.76. The number of carbonyl (C=O) groups is 1. The molecule has 0 aromatic heterocycles. The van der Waals surface area contributed by atoms with E-state index in [9.17, 15) is 9.18 Å². The first kappa shape index (κ1) is 17.2. The van der Waals surface area contributed by atoms with Crippen LogP contribution in [-0.4, -0.2) is 55.5 Å². The van der Waals surface area contributed by atoms with Gasteiger partial charge in [0.15, 0.2) is 0 Å². The molecule has 1 aromatic rings. The fraction of sp³-hybridized carbons (Fsp3) is 0.562. The summed E-state index contributed by atoms with van der Waals surface area (Å²) in [6.07, 6.45) is 0.417. The van der Waals surface area contributed by atoms with Gasteiger partial charge in [-0.05, 0) is 26.1 Å². The van der Waals surface area contributed by atoms with Crippen molar-refractivity contribution in [3.05, 3.63) is 34.6 Å². The number of piperazine rings is 1. The van der Waals surface area contributed by atoms with Gasteiger partial charge in [-0.25, -0.2) is 4.39 Å². The Labute approximate surface area is 136 Å². The van der Waals surface area contributed by atoms with Crippen molar-refractivity contribution < 1.29 is 9.18 Å². The zero-order valence-corrected chi connectivity index (χ0v) is 13.9. The summed E-state index contributed by atoms with van der Waals surface area (Å²) < 4.78 is 13.8. The maximum absolute atomic E-state index is 13.8. The topological polar surface area (TPSA) is 35.6 Å². The maximum atomic E-state index is 13.8. The van der Waals surface area contributed by atoms with Crippen molar-refractivity contribution in [2.24, 2.45) is 0 Å². The molecule has 0 bridgehead atoms. The molecule has 0 aliphatic carbocycles. The molecule has 4 nitrogen and oxygen atoms in total. The molecule has 1 unspecified atom stereocenters. The third-order valence-electron chi connectivity index (χ3n) is 4.08. The molecule has 1 atom stereocenters. The predicted molar refractivity (Wildman–Crippen MR) is 86.5 cm³/mol. The summed E-state index contributed by atoms with van der Waals surface area (Å²) in [7, 11) is 2.06. The standard InChI is InChI=1S/C16H23ClFN3O/c1-12(16-13(17)4-3-5-14(16)18)19-7-6-15(22)21-10-8-20(2)9-11-21/h3-5,12,19H,6-11H2,1-2H3. The second-order valence-electron chi connectivity index (χ2n) is 5.75. The Bertz CT molecular complexity index is 498. The summed E-state index contributed by atoms with van der Waals surface area (Å²) in [5.74, 6) is -0.176. The fourth-order valence-corrected chi connectivity index (χ4v) is 2.96. The largest absolute Gasteiger partial charge is 0.340 e. The lowest BCUT2D eigenvalue weighted by Gasteiger charge is -2.32. The number of hydrogen-bond acceptors (Lipinski definition) is 3. The molecule has 22 heavy (non-hydrogen) atoms. The van der Waals surface area contributed by atoms with Crippen LogP contribution in [0, 0.1) is 5.82 Å². The second kappa shape index (κ2) is 7.90. The van der Waals surface area contributed by atoms with E-state index in [2.05, 4.69) is 17.3 Å². The molecule has 2 rings (SSSR count). The minimum absolute atomic E-state index is 0.146. The molecular weight excluding hydrogens is 305 g/mol. The SMILES string of the molecule is CC(NCCC(=O)N1CCN(C)CC1)c1c(F)cccc1Cl. The quantitative estimate of drug-likeness (QED) is 0.901. The van der Waals surface area contributed by atoms with Crippen LogP contribution >= 0.6 is 11.6 Å². The van der Waals surface area contributed by atoms with Crippen LogP contribution in [0.5, 0.6) is 0 Å². The molecule has 1 fully saturated rings.